The minimum atomic E-state index is -3.75. The van der Waals surface area contributed by atoms with Crippen LogP contribution in [0.2, 0.25) is 0 Å². The van der Waals surface area contributed by atoms with Gasteiger partial charge in [0.1, 0.15) is 10.1 Å². The lowest BCUT2D eigenvalue weighted by atomic mass is 10.2. The van der Waals surface area contributed by atoms with Gasteiger partial charge in [-0.1, -0.05) is 36.1 Å². The Balaban J connectivity index is 1.39. The average molecular weight is 495 g/mol. The first kappa shape index (κ1) is 24.5. The fourth-order valence-electron chi connectivity index (χ4n) is 3.22. The molecule has 3 rings (SSSR count). The second-order valence-corrected chi connectivity index (χ2v) is 10.5. The summed E-state index contributed by atoms with van der Waals surface area (Å²) < 4.78 is 28.5. The molecule has 8 nitrogen and oxygen atoms in total. The molecule has 1 heterocycles. The van der Waals surface area contributed by atoms with E-state index in [1.54, 1.807) is 7.11 Å². The van der Waals surface area contributed by atoms with Crippen LogP contribution in [-0.2, 0) is 21.4 Å². The number of thiocarbonyl (C=S) groups is 1. The van der Waals surface area contributed by atoms with Gasteiger partial charge < -0.3 is 15.0 Å². The number of nitrogens with one attached hydrogen (secondary N) is 1. The van der Waals surface area contributed by atoms with E-state index in [0.717, 1.165) is 38.5 Å². The van der Waals surface area contributed by atoms with Crippen LogP contribution in [0.3, 0.4) is 0 Å². The summed E-state index contributed by atoms with van der Waals surface area (Å²) in [5.74, 6) is 0.825. The number of carbonyl (C=O) groups is 1. The van der Waals surface area contributed by atoms with E-state index in [0.29, 0.717) is 10.0 Å². The van der Waals surface area contributed by atoms with Crippen molar-refractivity contribution in [1.82, 2.24) is 9.80 Å². The summed E-state index contributed by atoms with van der Waals surface area (Å²) in [7, 11) is -2.10. The molecule has 32 heavy (non-hydrogen) atoms. The van der Waals surface area contributed by atoms with E-state index in [4.69, 9.17) is 22.1 Å². The van der Waals surface area contributed by atoms with Gasteiger partial charge >= 0.3 is 0 Å². The van der Waals surface area contributed by atoms with Crippen molar-refractivity contribution in [3.8, 4) is 5.75 Å². The summed E-state index contributed by atoms with van der Waals surface area (Å²) in [5.41, 5.74) is 1.74. The Hall–Kier alpha value is -2.18. The van der Waals surface area contributed by atoms with E-state index in [-0.39, 0.29) is 16.6 Å². The Labute approximate surface area is 198 Å². The van der Waals surface area contributed by atoms with Crippen LogP contribution in [0.15, 0.2) is 53.4 Å². The Kier molecular flexibility index (Phi) is 8.49. The standard InChI is InChI=1S/C21H26N4O4S3/c1-29-18-6-2-16(3-7-18)14-24-10-12-25(13-11-24)21(30)31-15-20(26)23-17-4-8-19(9-5-17)32(22,27)28/h2-9H,10-15H2,1H3,(H,23,26)(H2,22,27,28). The first-order chi connectivity index (χ1) is 15.2. The van der Waals surface area contributed by atoms with Crippen LogP contribution in [0.25, 0.3) is 0 Å². The van der Waals surface area contributed by atoms with Crippen LogP contribution in [0.4, 0.5) is 5.69 Å². The van der Waals surface area contributed by atoms with Crippen LogP contribution in [0.5, 0.6) is 5.75 Å². The van der Waals surface area contributed by atoms with Gasteiger partial charge in [0.15, 0.2) is 0 Å². The number of nitrogens with zero attached hydrogens (tertiary/aromatic N) is 2. The normalized spacial score (nSPS) is 14.8. The van der Waals surface area contributed by atoms with E-state index in [2.05, 4.69) is 27.2 Å². The summed E-state index contributed by atoms with van der Waals surface area (Å²) in [6.07, 6.45) is 0. The van der Waals surface area contributed by atoms with Gasteiger partial charge in [-0.2, -0.15) is 0 Å². The maximum Gasteiger partial charge on any atom is 0.238 e. The molecule has 2 aromatic rings. The lowest BCUT2D eigenvalue weighted by Crippen LogP contribution is -2.47. The Morgan fingerprint density at radius 2 is 1.72 bits per heavy atom. The van der Waals surface area contributed by atoms with Crippen molar-refractivity contribution >= 4 is 49.9 Å². The Morgan fingerprint density at radius 1 is 1.09 bits per heavy atom. The highest BCUT2D eigenvalue weighted by molar-refractivity contribution is 8.23. The molecule has 172 valence electrons. The van der Waals surface area contributed by atoms with Gasteiger partial charge in [0.25, 0.3) is 0 Å². The molecule has 0 aromatic heterocycles. The Bertz CT molecular complexity index is 1040. The molecule has 0 bridgehead atoms. The monoisotopic (exact) mass is 494 g/mol. The summed E-state index contributed by atoms with van der Waals surface area (Å²) in [6, 6.07) is 13.8. The number of amides is 1. The number of hydrogen-bond donors (Lipinski definition) is 2. The number of nitrogens with two attached hydrogens (primary N) is 1. The molecule has 1 amide bonds. The van der Waals surface area contributed by atoms with Crippen LogP contribution in [-0.4, -0.2) is 67.5 Å². The summed E-state index contributed by atoms with van der Waals surface area (Å²) >= 11 is 6.83. The lowest BCUT2D eigenvalue weighted by molar-refractivity contribution is -0.113. The quantitative estimate of drug-likeness (QED) is 0.564. The zero-order valence-electron chi connectivity index (χ0n) is 17.7. The van der Waals surface area contributed by atoms with Crippen molar-refractivity contribution in [2.75, 3.05) is 44.4 Å². The van der Waals surface area contributed by atoms with Gasteiger partial charge in [-0.3, -0.25) is 9.69 Å². The third kappa shape index (κ3) is 7.17. The number of carbonyl (C=O) groups excluding carboxylic acids is 1. The van der Waals surface area contributed by atoms with E-state index in [9.17, 15) is 13.2 Å². The molecule has 0 radical (unpaired) electrons. The van der Waals surface area contributed by atoms with Crippen molar-refractivity contribution in [2.45, 2.75) is 11.4 Å². The minimum absolute atomic E-state index is 0.00261. The molecular formula is C21H26N4O4S3. The summed E-state index contributed by atoms with van der Waals surface area (Å²) in [4.78, 5) is 16.7. The van der Waals surface area contributed by atoms with Crippen LogP contribution in [0.1, 0.15) is 5.56 Å². The van der Waals surface area contributed by atoms with E-state index in [1.807, 2.05) is 12.1 Å². The second kappa shape index (κ2) is 11.1. The van der Waals surface area contributed by atoms with E-state index < -0.39 is 10.0 Å². The second-order valence-electron chi connectivity index (χ2n) is 7.28. The van der Waals surface area contributed by atoms with Gasteiger partial charge in [0.05, 0.1) is 17.8 Å². The molecule has 2 aromatic carbocycles. The molecule has 3 N–H and O–H groups in total. The molecular weight excluding hydrogens is 468 g/mol. The number of rotatable bonds is 7. The fraction of sp³-hybridized carbons (Fsp3) is 0.333. The van der Waals surface area contributed by atoms with Crippen LogP contribution < -0.4 is 15.2 Å². The largest absolute Gasteiger partial charge is 0.497 e. The zero-order valence-corrected chi connectivity index (χ0v) is 20.1. The van der Waals surface area contributed by atoms with Crippen LogP contribution >= 0.6 is 24.0 Å². The van der Waals surface area contributed by atoms with E-state index >= 15 is 0 Å². The first-order valence-corrected chi connectivity index (χ1v) is 12.9. The lowest BCUT2D eigenvalue weighted by Gasteiger charge is -2.35. The van der Waals surface area contributed by atoms with Gasteiger partial charge in [-0.15, -0.1) is 0 Å². The fourth-order valence-corrected chi connectivity index (χ4v) is 4.79. The molecule has 0 aliphatic carbocycles. The topological polar surface area (TPSA) is 105 Å². The number of piperazine rings is 1. The van der Waals surface area contributed by atoms with Crippen molar-refractivity contribution in [1.29, 1.82) is 0 Å². The SMILES string of the molecule is COc1ccc(CN2CCN(C(=S)SCC(=O)Nc3ccc(S(N)(=O)=O)cc3)CC2)cc1. The van der Waals surface area contributed by atoms with E-state index in [1.165, 1.54) is 41.6 Å². The highest BCUT2D eigenvalue weighted by Crippen LogP contribution is 2.17. The molecule has 1 saturated heterocycles. The van der Waals surface area contributed by atoms with Gasteiger partial charge in [0, 0.05) is 38.4 Å². The third-order valence-electron chi connectivity index (χ3n) is 4.99. The third-order valence-corrected chi connectivity index (χ3v) is 7.44. The molecule has 1 aliphatic heterocycles. The maximum atomic E-state index is 12.2. The molecule has 1 aliphatic rings. The molecule has 0 saturated carbocycles. The van der Waals surface area contributed by atoms with Gasteiger partial charge in [-0.05, 0) is 42.0 Å². The zero-order chi connectivity index (χ0) is 23.1. The van der Waals surface area contributed by atoms with Gasteiger partial charge in [-0.25, -0.2) is 13.6 Å². The summed E-state index contributed by atoms with van der Waals surface area (Å²) in [5, 5.41) is 7.80. The van der Waals surface area contributed by atoms with Crippen molar-refractivity contribution in [3.63, 3.8) is 0 Å². The molecule has 0 unspecified atom stereocenters. The number of sulfonamides is 1. The highest BCUT2D eigenvalue weighted by Gasteiger charge is 2.20. The maximum absolute atomic E-state index is 12.2. The van der Waals surface area contributed by atoms with Crippen LogP contribution in [0, 0.1) is 0 Å². The highest BCUT2D eigenvalue weighted by atomic mass is 32.2. The van der Waals surface area contributed by atoms with Crippen molar-refractivity contribution in [2.24, 2.45) is 5.14 Å². The number of benzene rings is 2. The number of hydrogen-bond acceptors (Lipinski definition) is 7. The summed E-state index contributed by atoms with van der Waals surface area (Å²) in [6.45, 7) is 4.31. The molecule has 11 heteroatoms. The molecule has 0 atom stereocenters. The Morgan fingerprint density at radius 3 is 2.28 bits per heavy atom. The number of anilines is 1. The smallest absolute Gasteiger partial charge is 0.238 e. The number of thioether (sulfide) groups is 1. The number of primary sulfonamides is 1. The van der Waals surface area contributed by atoms with Gasteiger partial charge in [0.2, 0.25) is 15.9 Å². The number of methoxy groups -OCH3 is 1. The molecule has 1 fully saturated rings. The molecule has 0 spiro atoms. The van der Waals surface area contributed by atoms with Crippen molar-refractivity contribution in [3.05, 3.63) is 54.1 Å². The number of ether oxygens (including phenoxy) is 1. The minimum Gasteiger partial charge on any atom is -0.497 e. The van der Waals surface area contributed by atoms with Crippen molar-refractivity contribution < 1.29 is 17.9 Å². The average Bonchev–Trinajstić information content (AvgIpc) is 2.78. The first-order valence-electron chi connectivity index (χ1n) is 9.94. The predicted octanol–water partition coefficient (Wildman–Crippen LogP) is 2.12. The predicted molar refractivity (Wildman–Crippen MR) is 131 cm³/mol.